The van der Waals surface area contributed by atoms with Crippen LogP contribution in [0.5, 0.6) is 5.75 Å². The summed E-state index contributed by atoms with van der Waals surface area (Å²) in [5.41, 5.74) is 3.68. The largest absolute Gasteiger partial charge is 0.489 e. The second kappa shape index (κ2) is 9.11. The molecule has 6 nitrogen and oxygen atoms in total. The van der Waals surface area contributed by atoms with Gasteiger partial charge in [0, 0.05) is 25.4 Å². The minimum absolute atomic E-state index is 0.0360. The Labute approximate surface area is 175 Å². The fraction of sp³-hybridized carbons (Fsp3) is 0.273. The molecule has 1 heterocycles. The Kier molecular flexibility index (Phi) is 6.56. The Balaban J connectivity index is 1.77. The van der Waals surface area contributed by atoms with Gasteiger partial charge in [-0.2, -0.15) is 5.10 Å². The van der Waals surface area contributed by atoms with E-state index in [1.54, 1.807) is 24.9 Å². The highest BCUT2D eigenvalue weighted by Gasteiger charge is 2.15. The standard InChI is InChI=1S/C22H24ClN3O3/c1-14(2)29-21-10-7-16(11-18(21)23)20-12-19(25-26(20)3)22(27)24-17-8-5-15(6-9-17)13-28-4/h5-12,14H,13H2,1-4H3,(H,24,27). The lowest BCUT2D eigenvalue weighted by atomic mass is 10.1. The number of nitrogens with zero attached hydrogens (tertiary/aromatic N) is 2. The van der Waals surface area contributed by atoms with Crippen LogP contribution in [-0.2, 0) is 18.4 Å². The van der Waals surface area contributed by atoms with Crippen molar-refractivity contribution in [1.29, 1.82) is 0 Å². The minimum atomic E-state index is -0.280. The summed E-state index contributed by atoms with van der Waals surface area (Å²) in [5, 5.41) is 7.71. The SMILES string of the molecule is COCc1ccc(NC(=O)c2cc(-c3ccc(OC(C)C)c(Cl)c3)n(C)n2)cc1. The average molecular weight is 414 g/mol. The van der Waals surface area contributed by atoms with Crippen LogP contribution in [0.1, 0.15) is 29.9 Å². The molecule has 3 aromatic rings. The van der Waals surface area contributed by atoms with Gasteiger partial charge in [-0.15, -0.1) is 0 Å². The number of aryl methyl sites for hydroxylation is 1. The third-order valence-corrected chi connectivity index (χ3v) is 4.52. The molecule has 0 bridgehead atoms. The van der Waals surface area contributed by atoms with Crippen LogP contribution in [0.4, 0.5) is 5.69 Å². The molecule has 0 aliphatic carbocycles. The third-order valence-electron chi connectivity index (χ3n) is 4.23. The number of methoxy groups -OCH3 is 1. The van der Waals surface area contributed by atoms with Crippen LogP contribution in [0.2, 0.25) is 5.02 Å². The summed E-state index contributed by atoms with van der Waals surface area (Å²) in [7, 11) is 3.44. The van der Waals surface area contributed by atoms with Crippen LogP contribution in [0.3, 0.4) is 0 Å². The first-order valence-electron chi connectivity index (χ1n) is 9.27. The molecule has 0 spiro atoms. The predicted octanol–water partition coefficient (Wildman–Crippen LogP) is 4.93. The second-order valence-corrected chi connectivity index (χ2v) is 7.34. The summed E-state index contributed by atoms with van der Waals surface area (Å²) >= 11 is 6.34. The van der Waals surface area contributed by atoms with Crippen molar-refractivity contribution in [2.45, 2.75) is 26.6 Å². The number of nitrogens with one attached hydrogen (secondary N) is 1. The molecule has 2 aromatic carbocycles. The van der Waals surface area contributed by atoms with Crippen molar-refractivity contribution in [3.63, 3.8) is 0 Å². The Bertz CT molecular complexity index is 997. The van der Waals surface area contributed by atoms with Crippen LogP contribution in [0.15, 0.2) is 48.5 Å². The van der Waals surface area contributed by atoms with Gasteiger partial charge in [-0.25, -0.2) is 0 Å². The zero-order chi connectivity index (χ0) is 21.0. The zero-order valence-electron chi connectivity index (χ0n) is 16.9. The van der Waals surface area contributed by atoms with E-state index in [-0.39, 0.29) is 12.0 Å². The number of amides is 1. The number of halogens is 1. The van der Waals surface area contributed by atoms with E-state index < -0.39 is 0 Å². The van der Waals surface area contributed by atoms with Gasteiger partial charge in [0.1, 0.15) is 5.75 Å². The van der Waals surface area contributed by atoms with Gasteiger partial charge in [-0.05, 0) is 55.8 Å². The summed E-state index contributed by atoms with van der Waals surface area (Å²) in [6.45, 7) is 4.42. The van der Waals surface area contributed by atoms with Crippen LogP contribution in [0.25, 0.3) is 11.3 Å². The van der Waals surface area contributed by atoms with Crippen LogP contribution < -0.4 is 10.1 Å². The molecule has 3 rings (SSSR count). The molecule has 0 aliphatic rings. The number of carbonyl (C=O) groups is 1. The highest BCUT2D eigenvalue weighted by Crippen LogP contribution is 2.31. The van der Waals surface area contributed by atoms with E-state index in [9.17, 15) is 4.79 Å². The van der Waals surface area contributed by atoms with Crippen molar-refractivity contribution in [1.82, 2.24) is 9.78 Å². The molecule has 1 amide bonds. The molecule has 152 valence electrons. The van der Waals surface area contributed by atoms with Gasteiger partial charge >= 0.3 is 0 Å². The Hall–Kier alpha value is -2.83. The van der Waals surface area contributed by atoms with Crippen molar-refractivity contribution < 1.29 is 14.3 Å². The van der Waals surface area contributed by atoms with Crippen LogP contribution in [-0.4, -0.2) is 28.9 Å². The summed E-state index contributed by atoms with van der Waals surface area (Å²) in [6, 6.07) is 14.8. The number of anilines is 1. The fourth-order valence-electron chi connectivity index (χ4n) is 2.90. The number of aromatic nitrogens is 2. The Morgan fingerprint density at radius 1 is 1.17 bits per heavy atom. The molecule has 0 saturated heterocycles. The van der Waals surface area contributed by atoms with Gasteiger partial charge in [0.25, 0.3) is 5.91 Å². The van der Waals surface area contributed by atoms with Gasteiger partial charge < -0.3 is 14.8 Å². The first-order valence-corrected chi connectivity index (χ1v) is 9.65. The molecule has 0 fully saturated rings. The van der Waals surface area contributed by atoms with Crippen LogP contribution in [0, 0.1) is 0 Å². The molecule has 0 aliphatic heterocycles. The van der Waals surface area contributed by atoms with E-state index in [2.05, 4.69) is 10.4 Å². The maximum atomic E-state index is 12.6. The summed E-state index contributed by atoms with van der Waals surface area (Å²) < 4.78 is 12.4. The molecule has 1 N–H and O–H groups in total. The summed E-state index contributed by atoms with van der Waals surface area (Å²) in [4.78, 5) is 12.6. The predicted molar refractivity (Wildman–Crippen MR) is 115 cm³/mol. The fourth-order valence-corrected chi connectivity index (χ4v) is 3.13. The molecular weight excluding hydrogens is 390 g/mol. The molecule has 0 radical (unpaired) electrons. The lowest BCUT2D eigenvalue weighted by molar-refractivity contribution is 0.102. The van der Waals surface area contributed by atoms with E-state index >= 15 is 0 Å². The molecular formula is C22H24ClN3O3. The number of carbonyl (C=O) groups excluding carboxylic acids is 1. The first-order chi connectivity index (χ1) is 13.9. The lowest BCUT2D eigenvalue weighted by Gasteiger charge is -2.12. The Morgan fingerprint density at radius 2 is 1.90 bits per heavy atom. The molecule has 29 heavy (non-hydrogen) atoms. The number of rotatable bonds is 7. The summed E-state index contributed by atoms with van der Waals surface area (Å²) in [6.07, 6.45) is 0.0360. The van der Waals surface area contributed by atoms with E-state index in [1.807, 2.05) is 56.3 Å². The van der Waals surface area contributed by atoms with Crippen molar-refractivity contribution in [3.05, 3.63) is 64.8 Å². The molecule has 0 saturated carbocycles. The van der Waals surface area contributed by atoms with Gasteiger partial charge in [-0.1, -0.05) is 23.7 Å². The zero-order valence-corrected chi connectivity index (χ0v) is 17.7. The van der Waals surface area contributed by atoms with Crippen molar-refractivity contribution in [3.8, 4) is 17.0 Å². The molecule has 0 unspecified atom stereocenters. The molecule has 0 atom stereocenters. The topological polar surface area (TPSA) is 65.4 Å². The normalized spacial score (nSPS) is 11.0. The highest BCUT2D eigenvalue weighted by atomic mass is 35.5. The smallest absolute Gasteiger partial charge is 0.276 e. The van der Waals surface area contributed by atoms with Crippen molar-refractivity contribution in [2.75, 3.05) is 12.4 Å². The highest BCUT2D eigenvalue weighted by molar-refractivity contribution is 6.32. The quantitative estimate of drug-likeness (QED) is 0.596. The third kappa shape index (κ3) is 5.16. The number of benzene rings is 2. The van der Waals surface area contributed by atoms with E-state index in [1.165, 1.54) is 0 Å². The average Bonchev–Trinajstić information content (AvgIpc) is 3.07. The first kappa shape index (κ1) is 20.9. The van der Waals surface area contributed by atoms with Gasteiger partial charge in [0.15, 0.2) is 5.69 Å². The van der Waals surface area contributed by atoms with E-state index in [0.717, 1.165) is 16.8 Å². The van der Waals surface area contributed by atoms with Crippen LogP contribution >= 0.6 is 11.6 Å². The minimum Gasteiger partial charge on any atom is -0.489 e. The molecule has 1 aromatic heterocycles. The lowest BCUT2D eigenvalue weighted by Crippen LogP contribution is -2.13. The number of hydrogen-bond donors (Lipinski definition) is 1. The maximum Gasteiger partial charge on any atom is 0.276 e. The van der Waals surface area contributed by atoms with Gasteiger partial charge in [0.05, 0.1) is 23.4 Å². The van der Waals surface area contributed by atoms with Gasteiger partial charge in [0.2, 0.25) is 0 Å². The number of hydrogen-bond acceptors (Lipinski definition) is 4. The summed E-state index contributed by atoms with van der Waals surface area (Å²) in [5.74, 6) is 0.347. The number of ether oxygens (including phenoxy) is 2. The van der Waals surface area contributed by atoms with E-state index in [0.29, 0.717) is 28.8 Å². The monoisotopic (exact) mass is 413 g/mol. The van der Waals surface area contributed by atoms with Crippen molar-refractivity contribution >= 4 is 23.2 Å². The van der Waals surface area contributed by atoms with Gasteiger partial charge in [-0.3, -0.25) is 9.48 Å². The maximum absolute atomic E-state index is 12.6. The Morgan fingerprint density at radius 3 is 2.52 bits per heavy atom. The molecule has 7 heteroatoms. The van der Waals surface area contributed by atoms with E-state index in [4.69, 9.17) is 21.1 Å². The second-order valence-electron chi connectivity index (χ2n) is 6.93. The van der Waals surface area contributed by atoms with Crippen molar-refractivity contribution in [2.24, 2.45) is 7.05 Å².